The van der Waals surface area contributed by atoms with Crippen molar-refractivity contribution >= 4 is 29.0 Å². The largest absolute Gasteiger partial charge is 0.322 e. The Kier molecular flexibility index (Phi) is 3.46. The molecule has 3 nitrogen and oxygen atoms in total. The lowest BCUT2D eigenvalue weighted by Gasteiger charge is -1.99. The second-order valence-corrected chi connectivity index (χ2v) is 4.05. The highest BCUT2D eigenvalue weighted by molar-refractivity contribution is 7.10. The lowest BCUT2D eigenvalue weighted by atomic mass is 10.3. The van der Waals surface area contributed by atoms with E-state index in [0.29, 0.717) is 0 Å². The van der Waals surface area contributed by atoms with Crippen molar-refractivity contribution in [2.24, 2.45) is 0 Å². The van der Waals surface area contributed by atoms with Gasteiger partial charge in [0.1, 0.15) is 0 Å². The van der Waals surface area contributed by atoms with E-state index in [-0.39, 0.29) is 5.91 Å². The maximum atomic E-state index is 11.5. The monoisotopic (exact) mass is 230 g/mol. The number of hydrogen-bond acceptors (Lipinski definition) is 3. The Labute approximate surface area is 97.5 Å². The molecule has 1 amide bonds. The number of hydrogen-bond donors (Lipinski definition) is 1. The van der Waals surface area contributed by atoms with Crippen molar-refractivity contribution in [2.45, 2.75) is 0 Å². The summed E-state index contributed by atoms with van der Waals surface area (Å²) in [5, 5.41) is 4.72. The molecule has 2 heterocycles. The second-order valence-electron chi connectivity index (χ2n) is 3.07. The highest BCUT2D eigenvalue weighted by Gasteiger charge is 1.96. The summed E-state index contributed by atoms with van der Waals surface area (Å²) in [6.45, 7) is 0. The summed E-state index contributed by atoms with van der Waals surface area (Å²) >= 11 is 1.59. The van der Waals surface area contributed by atoms with Crippen molar-refractivity contribution < 1.29 is 4.79 Å². The normalized spacial score (nSPS) is 10.5. The van der Waals surface area contributed by atoms with Crippen LogP contribution < -0.4 is 5.32 Å². The molecule has 0 radical (unpaired) electrons. The third-order valence-corrected chi connectivity index (χ3v) is 2.73. The minimum Gasteiger partial charge on any atom is -0.322 e. The fraction of sp³-hybridized carbons (Fsp3) is 0. The lowest BCUT2D eigenvalue weighted by molar-refractivity contribution is -0.111. The number of carbonyl (C=O) groups is 1. The van der Waals surface area contributed by atoms with Crippen LogP contribution in [0.3, 0.4) is 0 Å². The Bertz CT molecular complexity index is 477. The highest BCUT2D eigenvalue weighted by atomic mass is 32.1. The van der Waals surface area contributed by atoms with Gasteiger partial charge in [0.15, 0.2) is 0 Å². The maximum Gasteiger partial charge on any atom is 0.248 e. The molecular formula is C12H10N2OS. The Hall–Kier alpha value is -1.94. The van der Waals surface area contributed by atoms with Crippen molar-refractivity contribution in [1.82, 2.24) is 4.98 Å². The predicted molar refractivity (Wildman–Crippen MR) is 66.2 cm³/mol. The molecule has 2 rings (SSSR count). The molecule has 0 fully saturated rings. The molecule has 0 saturated heterocycles. The highest BCUT2D eigenvalue weighted by Crippen LogP contribution is 2.10. The number of aromatic nitrogens is 1. The number of carbonyl (C=O) groups excluding carboxylic acids is 1. The van der Waals surface area contributed by atoms with Gasteiger partial charge in [0.2, 0.25) is 5.91 Å². The topological polar surface area (TPSA) is 42.0 Å². The molecule has 0 unspecified atom stereocenters. The van der Waals surface area contributed by atoms with E-state index in [2.05, 4.69) is 10.3 Å². The average molecular weight is 230 g/mol. The fourth-order valence-electron chi connectivity index (χ4n) is 1.16. The number of anilines is 1. The minimum absolute atomic E-state index is 0.139. The first-order chi connectivity index (χ1) is 7.84. The van der Waals surface area contributed by atoms with Gasteiger partial charge in [0, 0.05) is 29.0 Å². The molecule has 0 aliphatic rings. The van der Waals surface area contributed by atoms with Gasteiger partial charge in [-0.1, -0.05) is 6.07 Å². The number of pyridine rings is 1. The van der Waals surface area contributed by atoms with Crippen molar-refractivity contribution in [3.05, 3.63) is 53.0 Å². The summed E-state index contributed by atoms with van der Waals surface area (Å²) in [5.74, 6) is -0.139. The van der Waals surface area contributed by atoms with E-state index in [9.17, 15) is 4.79 Å². The van der Waals surface area contributed by atoms with Crippen molar-refractivity contribution in [3.63, 3.8) is 0 Å². The molecule has 0 aromatic carbocycles. The van der Waals surface area contributed by atoms with Crippen LogP contribution in [0.4, 0.5) is 5.69 Å². The molecule has 4 heteroatoms. The Balaban J connectivity index is 1.95. The number of rotatable bonds is 3. The average Bonchev–Trinajstić information content (AvgIpc) is 2.81. The number of nitrogens with zero attached hydrogens (tertiary/aromatic N) is 1. The van der Waals surface area contributed by atoms with Crippen LogP contribution in [0.25, 0.3) is 6.08 Å². The van der Waals surface area contributed by atoms with Gasteiger partial charge < -0.3 is 5.32 Å². The standard InChI is InChI=1S/C12H10N2OS/c15-12(4-3-11-2-1-9-16-11)14-10-5-7-13-8-6-10/h1-9H,(H,13,14,15)/b4-3+. The zero-order valence-electron chi connectivity index (χ0n) is 8.46. The summed E-state index contributed by atoms with van der Waals surface area (Å²) < 4.78 is 0. The van der Waals surface area contributed by atoms with Gasteiger partial charge in [0.25, 0.3) is 0 Å². The molecule has 0 aliphatic heterocycles. The van der Waals surface area contributed by atoms with Gasteiger partial charge in [-0.3, -0.25) is 9.78 Å². The van der Waals surface area contributed by atoms with Gasteiger partial charge in [-0.25, -0.2) is 0 Å². The van der Waals surface area contributed by atoms with Crippen molar-refractivity contribution in [3.8, 4) is 0 Å². The predicted octanol–water partition coefficient (Wildman–Crippen LogP) is 2.79. The van der Waals surface area contributed by atoms with E-state index in [1.165, 1.54) is 6.08 Å². The molecule has 2 aromatic heterocycles. The first-order valence-electron chi connectivity index (χ1n) is 4.77. The van der Waals surface area contributed by atoms with Crippen LogP contribution in [0.15, 0.2) is 48.1 Å². The zero-order valence-corrected chi connectivity index (χ0v) is 9.28. The van der Waals surface area contributed by atoms with E-state index in [1.54, 1.807) is 41.9 Å². The quantitative estimate of drug-likeness (QED) is 0.824. The van der Waals surface area contributed by atoms with E-state index < -0.39 is 0 Å². The van der Waals surface area contributed by atoms with Crippen LogP contribution in [0.2, 0.25) is 0 Å². The minimum atomic E-state index is -0.139. The number of nitrogens with one attached hydrogen (secondary N) is 1. The van der Waals surface area contributed by atoms with E-state index >= 15 is 0 Å². The summed E-state index contributed by atoms with van der Waals surface area (Å²) in [7, 11) is 0. The molecule has 2 aromatic rings. The molecular weight excluding hydrogens is 220 g/mol. The molecule has 16 heavy (non-hydrogen) atoms. The SMILES string of the molecule is O=C(/C=C/c1cccs1)Nc1ccncc1. The third-order valence-electron chi connectivity index (χ3n) is 1.89. The van der Waals surface area contributed by atoms with E-state index in [4.69, 9.17) is 0 Å². The summed E-state index contributed by atoms with van der Waals surface area (Å²) in [6, 6.07) is 7.40. The van der Waals surface area contributed by atoms with Crippen LogP contribution in [-0.2, 0) is 4.79 Å². The zero-order chi connectivity index (χ0) is 11.2. The van der Waals surface area contributed by atoms with Gasteiger partial charge in [0.05, 0.1) is 0 Å². The second kappa shape index (κ2) is 5.23. The Morgan fingerprint density at radius 2 is 2.12 bits per heavy atom. The summed E-state index contributed by atoms with van der Waals surface area (Å²) in [6.07, 6.45) is 6.59. The van der Waals surface area contributed by atoms with Crippen molar-refractivity contribution in [2.75, 3.05) is 5.32 Å². The van der Waals surface area contributed by atoms with Gasteiger partial charge in [-0.15, -0.1) is 11.3 Å². The first-order valence-corrected chi connectivity index (χ1v) is 5.65. The van der Waals surface area contributed by atoms with Crippen LogP contribution in [0.1, 0.15) is 4.88 Å². The van der Waals surface area contributed by atoms with Crippen LogP contribution in [0.5, 0.6) is 0 Å². The first kappa shape index (κ1) is 10.6. The van der Waals surface area contributed by atoms with E-state index in [1.807, 2.05) is 17.5 Å². The number of amides is 1. The molecule has 0 spiro atoms. The molecule has 0 atom stereocenters. The van der Waals surface area contributed by atoms with Crippen molar-refractivity contribution in [1.29, 1.82) is 0 Å². The molecule has 0 aliphatic carbocycles. The molecule has 80 valence electrons. The van der Waals surface area contributed by atoms with Crippen LogP contribution in [-0.4, -0.2) is 10.9 Å². The number of thiophene rings is 1. The van der Waals surface area contributed by atoms with Gasteiger partial charge in [-0.05, 0) is 29.7 Å². The lowest BCUT2D eigenvalue weighted by Crippen LogP contribution is -2.07. The Morgan fingerprint density at radius 1 is 1.31 bits per heavy atom. The van der Waals surface area contributed by atoms with Gasteiger partial charge >= 0.3 is 0 Å². The molecule has 1 N–H and O–H groups in total. The van der Waals surface area contributed by atoms with E-state index in [0.717, 1.165) is 10.6 Å². The smallest absolute Gasteiger partial charge is 0.248 e. The summed E-state index contributed by atoms with van der Waals surface area (Å²) in [5.41, 5.74) is 0.746. The maximum absolute atomic E-state index is 11.5. The van der Waals surface area contributed by atoms with Crippen LogP contribution >= 0.6 is 11.3 Å². The third kappa shape index (κ3) is 3.03. The molecule has 0 saturated carbocycles. The fourth-order valence-corrected chi connectivity index (χ4v) is 1.78. The van der Waals surface area contributed by atoms with Crippen LogP contribution in [0, 0.1) is 0 Å². The molecule has 0 bridgehead atoms. The Morgan fingerprint density at radius 3 is 2.81 bits per heavy atom. The summed E-state index contributed by atoms with van der Waals surface area (Å²) in [4.78, 5) is 16.4. The van der Waals surface area contributed by atoms with Gasteiger partial charge in [-0.2, -0.15) is 0 Å².